The van der Waals surface area contributed by atoms with Gasteiger partial charge in [-0.3, -0.25) is 9.79 Å². The molecular weight excluding hydrogens is 525 g/mol. The molecule has 6 nitrogen and oxygen atoms in total. The Hall–Kier alpha value is -2.55. The molecule has 2 aromatic carbocycles. The fourth-order valence-corrected chi connectivity index (χ4v) is 4.32. The van der Waals surface area contributed by atoms with Gasteiger partial charge in [-0.05, 0) is 37.0 Å². The highest BCUT2D eigenvalue weighted by Gasteiger charge is 2.29. The van der Waals surface area contributed by atoms with Crippen LogP contribution in [0.1, 0.15) is 24.5 Å². The van der Waals surface area contributed by atoms with E-state index in [0.29, 0.717) is 13.0 Å². The van der Waals surface area contributed by atoms with E-state index in [-0.39, 0.29) is 35.8 Å². The second-order valence-electron chi connectivity index (χ2n) is 8.40. The number of guanidine groups is 1. The number of amides is 1. The number of aromatic nitrogens is 1. The summed E-state index contributed by atoms with van der Waals surface area (Å²) in [5, 5.41) is 8.04. The fourth-order valence-electron chi connectivity index (χ4n) is 4.32. The number of nitrogens with one attached hydrogen (secondary N) is 3. The average Bonchev–Trinajstić information content (AvgIpc) is 3.40. The maximum absolute atomic E-state index is 12.4. The van der Waals surface area contributed by atoms with Crippen molar-refractivity contribution in [3.8, 4) is 0 Å². The summed E-state index contributed by atoms with van der Waals surface area (Å²) in [6, 6.07) is 18.7. The molecule has 1 aromatic heterocycles. The highest BCUT2D eigenvalue weighted by Crippen LogP contribution is 2.19. The van der Waals surface area contributed by atoms with Crippen LogP contribution in [0.25, 0.3) is 10.9 Å². The van der Waals surface area contributed by atoms with Crippen LogP contribution in [0.3, 0.4) is 0 Å². The van der Waals surface area contributed by atoms with Crippen LogP contribution < -0.4 is 10.6 Å². The Labute approximate surface area is 213 Å². The monoisotopic (exact) mass is 559 g/mol. The standard InChI is InChI=1S/C26H33N5O.HI/c1-2-27-26(28-14-12-22-18-29-24-11-7-6-10-23(22)24)30-17-21-16-25(32)31(19-21)15-13-20-8-4-3-5-9-20;/h3-11,18,21,29H,2,12-17,19H2,1H3,(H2,27,28,30);1H. The number of aromatic amines is 1. The van der Waals surface area contributed by atoms with Crippen molar-refractivity contribution in [1.29, 1.82) is 0 Å². The average molecular weight is 559 g/mol. The van der Waals surface area contributed by atoms with Crippen molar-refractivity contribution in [3.63, 3.8) is 0 Å². The molecule has 0 saturated carbocycles. The summed E-state index contributed by atoms with van der Waals surface area (Å²) < 4.78 is 0. The number of hydrogen-bond donors (Lipinski definition) is 3. The smallest absolute Gasteiger partial charge is 0.223 e. The minimum Gasteiger partial charge on any atom is -0.361 e. The number of halogens is 1. The number of rotatable bonds is 9. The lowest BCUT2D eigenvalue weighted by atomic mass is 10.1. The van der Waals surface area contributed by atoms with Gasteiger partial charge in [0, 0.05) is 62.2 Å². The number of fused-ring (bicyclic) bond motifs is 1. The van der Waals surface area contributed by atoms with E-state index in [2.05, 4.69) is 59.1 Å². The maximum atomic E-state index is 12.4. The van der Waals surface area contributed by atoms with Crippen LogP contribution in [0.15, 0.2) is 65.8 Å². The summed E-state index contributed by atoms with van der Waals surface area (Å²) in [5.41, 5.74) is 3.75. The Kier molecular flexibility index (Phi) is 9.60. The Bertz CT molecular complexity index is 1050. The molecule has 1 unspecified atom stereocenters. The van der Waals surface area contributed by atoms with E-state index in [1.54, 1.807) is 0 Å². The van der Waals surface area contributed by atoms with Gasteiger partial charge in [-0.15, -0.1) is 24.0 Å². The van der Waals surface area contributed by atoms with E-state index in [9.17, 15) is 4.79 Å². The molecule has 1 aliphatic heterocycles. The summed E-state index contributed by atoms with van der Waals surface area (Å²) in [6.45, 7) is 5.93. The molecule has 0 spiro atoms. The fraction of sp³-hybridized carbons (Fsp3) is 0.385. The predicted molar refractivity (Wildman–Crippen MR) is 146 cm³/mol. The molecule has 1 aliphatic rings. The zero-order chi connectivity index (χ0) is 22.2. The summed E-state index contributed by atoms with van der Waals surface area (Å²) in [7, 11) is 0. The number of likely N-dealkylation sites (tertiary alicyclic amines) is 1. The molecule has 3 aromatic rings. The van der Waals surface area contributed by atoms with Gasteiger partial charge < -0.3 is 20.5 Å². The molecule has 1 atom stereocenters. The van der Waals surface area contributed by atoms with Crippen molar-refractivity contribution < 1.29 is 4.79 Å². The molecule has 33 heavy (non-hydrogen) atoms. The van der Waals surface area contributed by atoms with Crippen molar-refractivity contribution in [2.24, 2.45) is 10.9 Å². The van der Waals surface area contributed by atoms with Crippen molar-refractivity contribution in [2.75, 3.05) is 32.7 Å². The zero-order valence-electron chi connectivity index (χ0n) is 19.2. The zero-order valence-corrected chi connectivity index (χ0v) is 21.5. The lowest BCUT2D eigenvalue weighted by molar-refractivity contribution is -0.127. The Balaban J connectivity index is 0.00000306. The Morgan fingerprint density at radius 1 is 1.09 bits per heavy atom. The quantitative estimate of drug-likeness (QED) is 0.211. The number of para-hydroxylation sites is 1. The van der Waals surface area contributed by atoms with Gasteiger partial charge in [0.2, 0.25) is 5.91 Å². The number of H-pyrrole nitrogens is 1. The van der Waals surface area contributed by atoms with Gasteiger partial charge in [0.15, 0.2) is 5.96 Å². The van der Waals surface area contributed by atoms with E-state index >= 15 is 0 Å². The van der Waals surface area contributed by atoms with Gasteiger partial charge in [-0.25, -0.2) is 0 Å². The molecule has 1 fully saturated rings. The topological polar surface area (TPSA) is 72.5 Å². The molecule has 0 bridgehead atoms. The number of hydrogen-bond acceptors (Lipinski definition) is 2. The third-order valence-electron chi connectivity index (χ3n) is 6.02. The number of carbonyl (C=O) groups excluding carboxylic acids is 1. The first-order valence-corrected chi connectivity index (χ1v) is 11.6. The van der Waals surface area contributed by atoms with Crippen molar-refractivity contribution in [1.82, 2.24) is 20.5 Å². The van der Waals surface area contributed by atoms with Crippen LogP contribution in [0, 0.1) is 5.92 Å². The highest BCUT2D eigenvalue weighted by atomic mass is 127. The first-order valence-electron chi connectivity index (χ1n) is 11.6. The SMILES string of the molecule is CCNC(=NCC1CC(=O)N(CCc2ccccc2)C1)NCCc1c[nH]c2ccccc12.I. The first kappa shape index (κ1) is 25.1. The minimum absolute atomic E-state index is 0. The van der Waals surface area contributed by atoms with Gasteiger partial charge >= 0.3 is 0 Å². The van der Waals surface area contributed by atoms with E-state index in [0.717, 1.165) is 45.0 Å². The molecule has 0 aliphatic carbocycles. The van der Waals surface area contributed by atoms with Gasteiger partial charge in [-0.1, -0.05) is 48.5 Å². The molecule has 7 heteroatoms. The summed E-state index contributed by atoms with van der Waals surface area (Å²) in [4.78, 5) is 22.5. The predicted octanol–water partition coefficient (Wildman–Crippen LogP) is 3.97. The summed E-state index contributed by atoms with van der Waals surface area (Å²) in [6.07, 6.45) is 4.50. The van der Waals surface area contributed by atoms with E-state index in [1.807, 2.05) is 29.2 Å². The number of aliphatic imine (C=N–C) groups is 1. The Morgan fingerprint density at radius 2 is 1.88 bits per heavy atom. The van der Waals surface area contributed by atoms with Crippen molar-refractivity contribution in [2.45, 2.75) is 26.2 Å². The first-order chi connectivity index (χ1) is 15.7. The van der Waals surface area contributed by atoms with Gasteiger partial charge in [0.05, 0.1) is 0 Å². The van der Waals surface area contributed by atoms with Crippen LogP contribution in [0.4, 0.5) is 0 Å². The third-order valence-corrected chi connectivity index (χ3v) is 6.02. The number of carbonyl (C=O) groups is 1. The number of benzene rings is 2. The van der Waals surface area contributed by atoms with Gasteiger partial charge in [0.25, 0.3) is 0 Å². The van der Waals surface area contributed by atoms with E-state index < -0.39 is 0 Å². The summed E-state index contributed by atoms with van der Waals surface area (Å²) >= 11 is 0. The van der Waals surface area contributed by atoms with Gasteiger partial charge in [-0.2, -0.15) is 0 Å². The van der Waals surface area contributed by atoms with Gasteiger partial charge in [0.1, 0.15) is 0 Å². The molecule has 2 heterocycles. The van der Waals surface area contributed by atoms with E-state index in [4.69, 9.17) is 4.99 Å². The minimum atomic E-state index is 0. The van der Waals surface area contributed by atoms with Crippen molar-refractivity contribution in [3.05, 3.63) is 71.9 Å². The molecular formula is C26H34IN5O. The molecule has 3 N–H and O–H groups in total. The van der Waals surface area contributed by atoms with Crippen LogP contribution in [-0.4, -0.2) is 54.5 Å². The molecule has 176 valence electrons. The Morgan fingerprint density at radius 3 is 2.70 bits per heavy atom. The number of nitrogens with zero attached hydrogens (tertiary/aromatic N) is 2. The largest absolute Gasteiger partial charge is 0.361 e. The third kappa shape index (κ3) is 6.96. The second kappa shape index (κ2) is 12.6. The van der Waals surface area contributed by atoms with Crippen LogP contribution >= 0.6 is 24.0 Å². The van der Waals surface area contributed by atoms with E-state index in [1.165, 1.54) is 22.0 Å². The van der Waals surface area contributed by atoms with Crippen LogP contribution in [-0.2, 0) is 17.6 Å². The van der Waals surface area contributed by atoms with Crippen LogP contribution in [0.2, 0.25) is 0 Å². The second-order valence-corrected chi connectivity index (χ2v) is 8.40. The van der Waals surface area contributed by atoms with Crippen LogP contribution in [0.5, 0.6) is 0 Å². The highest BCUT2D eigenvalue weighted by molar-refractivity contribution is 14.0. The molecule has 1 amide bonds. The lowest BCUT2D eigenvalue weighted by Crippen LogP contribution is -2.38. The molecule has 0 radical (unpaired) electrons. The molecule has 4 rings (SSSR count). The van der Waals surface area contributed by atoms with Crippen molar-refractivity contribution >= 4 is 46.7 Å². The maximum Gasteiger partial charge on any atom is 0.223 e. The lowest BCUT2D eigenvalue weighted by Gasteiger charge is -2.16. The molecule has 1 saturated heterocycles. The summed E-state index contributed by atoms with van der Waals surface area (Å²) in [5.74, 6) is 1.35. The normalized spacial score (nSPS) is 16.2.